The third-order valence-electron chi connectivity index (χ3n) is 4.58. The molecule has 1 atom stereocenters. The molecule has 0 fully saturated rings. The van der Waals surface area contributed by atoms with Crippen LogP contribution in [0.5, 0.6) is 0 Å². The van der Waals surface area contributed by atoms with Gasteiger partial charge in [-0.3, -0.25) is 4.79 Å². The molecule has 0 aromatic rings. The number of carbonyl (C=O) groups is 1. The van der Waals surface area contributed by atoms with Gasteiger partial charge in [0.15, 0.2) is 5.11 Å². The fourth-order valence-electron chi connectivity index (χ4n) is 2.67. The molecule has 0 unspecified atom stereocenters. The van der Waals surface area contributed by atoms with Crippen LogP contribution in [-0.4, -0.2) is 46.9 Å². The summed E-state index contributed by atoms with van der Waals surface area (Å²) in [5, 5.41) is 16.2. The molecular weight excluding hydrogens is 440 g/mol. The largest absolute Gasteiger partial charge is 0.511 e. The van der Waals surface area contributed by atoms with E-state index in [1.807, 2.05) is 0 Å². The highest BCUT2D eigenvalue weighted by Crippen LogP contribution is 2.13. The molecule has 7 heteroatoms. The van der Waals surface area contributed by atoms with Gasteiger partial charge in [0.05, 0.1) is 19.1 Å². The van der Waals surface area contributed by atoms with Crippen LogP contribution in [0.25, 0.3) is 0 Å². The van der Waals surface area contributed by atoms with Crippen LogP contribution in [0.15, 0.2) is 47.3 Å². The molecule has 0 aliphatic heterocycles. The number of carbonyl (C=O) groups excluding carboxylic acids is 1. The Labute approximate surface area is 204 Å². The van der Waals surface area contributed by atoms with Crippen LogP contribution >= 0.6 is 24.0 Å². The molecule has 3 N–H and O–H groups in total. The van der Waals surface area contributed by atoms with Crippen molar-refractivity contribution in [3.63, 3.8) is 0 Å². The summed E-state index contributed by atoms with van der Waals surface area (Å²) >= 11 is 6.94. The molecule has 0 amide bonds. The van der Waals surface area contributed by atoms with E-state index in [4.69, 9.17) is 17.0 Å². The van der Waals surface area contributed by atoms with Gasteiger partial charge in [-0.2, -0.15) is 11.8 Å². The summed E-state index contributed by atoms with van der Waals surface area (Å²) < 4.78 is 4.88. The van der Waals surface area contributed by atoms with E-state index in [9.17, 15) is 9.90 Å². The third-order valence-corrected chi connectivity index (χ3v) is 5.82. The average Bonchev–Trinajstić information content (AvgIpc) is 2.70. The first-order valence-corrected chi connectivity index (χ1v) is 12.8. The third kappa shape index (κ3) is 17.9. The van der Waals surface area contributed by atoms with Crippen LogP contribution in [0.3, 0.4) is 0 Å². The van der Waals surface area contributed by atoms with E-state index in [0.29, 0.717) is 24.0 Å². The Kier molecular flexibility index (Phi) is 17.8. The topological polar surface area (TPSA) is 70.6 Å². The molecule has 0 aliphatic carbocycles. The number of nitrogens with one attached hydrogen (secondary N) is 2. The molecule has 0 saturated heterocycles. The van der Waals surface area contributed by atoms with Crippen LogP contribution in [0, 0.1) is 0 Å². The van der Waals surface area contributed by atoms with Gasteiger partial charge in [0.1, 0.15) is 5.76 Å². The second-order valence-corrected chi connectivity index (χ2v) is 9.48. The van der Waals surface area contributed by atoms with Gasteiger partial charge in [-0.1, -0.05) is 41.5 Å². The molecule has 0 rings (SSSR count). The number of hydrogen-bond acceptors (Lipinski definition) is 5. The highest BCUT2D eigenvalue weighted by atomic mass is 32.2. The fourth-order valence-corrected chi connectivity index (χ4v) is 3.96. The van der Waals surface area contributed by atoms with E-state index >= 15 is 0 Å². The highest BCUT2D eigenvalue weighted by Gasteiger charge is 2.13. The van der Waals surface area contributed by atoms with Crippen molar-refractivity contribution in [1.29, 1.82) is 0 Å². The second-order valence-electron chi connectivity index (χ2n) is 8.00. The van der Waals surface area contributed by atoms with Crippen LogP contribution in [-0.2, 0) is 9.53 Å². The van der Waals surface area contributed by atoms with Crippen molar-refractivity contribution in [3.8, 4) is 0 Å². The Morgan fingerprint density at radius 3 is 2.31 bits per heavy atom. The lowest BCUT2D eigenvalue weighted by Crippen LogP contribution is -2.44. The predicted molar refractivity (Wildman–Crippen MR) is 143 cm³/mol. The summed E-state index contributed by atoms with van der Waals surface area (Å²) in [6, 6.07) is -0.345. The Morgan fingerprint density at radius 2 is 1.72 bits per heavy atom. The molecule has 182 valence electrons. The number of aliphatic hydroxyl groups is 1. The second kappa shape index (κ2) is 18.8. The van der Waals surface area contributed by atoms with Crippen LogP contribution in [0.4, 0.5) is 0 Å². The quantitative estimate of drug-likeness (QED) is 0.0820. The Hall–Kier alpha value is -1.73. The lowest BCUT2D eigenvalue weighted by Gasteiger charge is -2.19. The monoisotopic (exact) mass is 482 g/mol. The standard InChI is InChI=1S/C25H42N2O3S2/c1-7-30-24(29)14-16-26-25(31)27-23(22(6)28)18-32-17-15-21(5)13-9-12-20(4)11-8-10-19(2)3/h10,12,15,23,28H,6-9,11,13-14,16-18H2,1-5H3,(H2,26,27,31)/b20-12+,21-15+/t23-/m0/s1. The summed E-state index contributed by atoms with van der Waals surface area (Å²) in [5.41, 5.74) is 4.20. The Balaban J connectivity index is 4.20. The first-order valence-electron chi connectivity index (χ1n) is 11.3. The number of thioether (sulfide) groups is 1. The van der Waals surface area contributed by atoms with E-state index in [1.165, 1.54) is 16.7 Å². The summed E-state index contributed by atoms with van der Waals surface area (Å²) in [5.74, 6) is 1.28. The number of thiocarbonyl (C=S) groups is 1. The number of aliphatic hydroxyl groups excluding tert-OH is 1. The summed E-state index contributed by atoms with van der Waals surface area (Å²) in [4.78, 5) is 11.4. The molecule has 32 heavy (non-hydrogen) atoms. The molecule has 0 saturated carbocycles. The highest BCUT2D eigenvalue weighted by molar-refractivity contribution is 7.99. The van der Waals surface area contributed by atoms with Gasteiger partial charge < -0.3 is 20.5 Å². The van der Waals surface area contributed by atoms with E-state index in [0.717, 1.165) is 31.4 Å². The van der Waals surface area contributed by atoms with Gasteiger partial charge in [-0.25, -0.2) is 0 Å². The number of allylic oxidation sites excluding steroid dienone is 5. The molecule has 0 aliphatic rings. The van der Waals surface area contributed by atoms with Crippen molar-refractivity contribution in [1.82, 2.24) is 10.6 Å². The molecule has 0 radical (unpaired) electrons. The minimum absolute atomic E-state index is 0.0430. The van der Waals surface area contributed by atoms with Crippen molar-refractivity contribution in [2.45, 2.75) is 72.8 Å². The average molecular weight is 483 g/mol. The molecule has 0 aromatic carbocycles. The first kappa shape index (κ1) is 30.3. The lowest BCUT2D eigenvalue weighted by atomic mass is 10.1. The maximum atomic E-state index is 11.4. The summed E-state index contributed by atoms with van der Waals surface area (Å²) in [7, 11) is 0. The molecule has 0 spiro atoms. The number of rotatable bonds is 16. The van der Waals surface area contributed by atoms with E-state index in [2.05, 4.69) is 63.1 Å². The summed E-state index contributed by atoms with van der Waals surface area (Å²) in [6.07, 6.45) is 11.5. The Bertz CT molecular complexity index is 681. The van der Waals surface area contributed by atoms with Gasteiger partial charge >= 0.3 is 5.97 Å². The zero-order chi connectivity index (χ0) is 24.4. The van der Waals surface area contributed by atoms with Gasteiger partial charge in [-0.05, 0) is 72.5 Å². The number of ether oxygens (including phenoxy) is 1. The van der Waals surface area contributed by atoms with Crippen LogP contribution in [0.1, 0.15) is 66.7 Å². The van der Waals surface area contributed by atoms with Crippen molar-refractivity contribution < 1.29 is 14.6 Å². The van der Waals surface area contributed by atoms with E-state index < -0.39 is 0 Å². The minimum atomic E-state index is -0.345. The van der Waals surface area contributed by atoms with E-state index in [1.54, 1.807) is 18.7 Å². The predicted octanol–water partition coefficient (Wildman–Crippen LogP) is 6.00. The lowest BCUT2D eigenvalue weighted by molar-refractivity contribution is -0.142. The zero-order valence-electron chi connectivity index (χ0n) is 20.5. The molecule has 0 heterocycles. The first-order chi connectivity index (χ1) is 15.1. The van der Waals surface area contributed by atoms with Crippen molar-refractivity contribution in [2.75, 3.05) is 24.7 Å². The van der Waals surface area contributed by atoms with Crippen LogP contribution < -0.4 is 10.6 Å². The van der Waals surface area contributed by atoms with Crippen molar-refractivity contribution in [2.24, 2.45) is 0 Å². The van der Waals surface area contributed by atoms with Gasteiger partial charge in [0.2, 0.25) is 0 Å². The SMILES string of the molecule is C=C(O)[C@H](CSC/C=C(\C)CC/C=C(\C)CCC=C(C)C)NC(=S)NCCC(=O)OCC. The molecule has 0 aromatic heterocycles. The maximum Gasteiger partial charge on any atom is 0.307 e. The van der Waals surface area contributed by atoms with Crippen molar-refractivity contribution in [3.05, 3.63) is 47.3 Å². The molecular formula is C25H42N2O3S2. The van der Waals surface area contributed by atoms with Crippen LogP contribution in [0.2, 0.25) is 0 Å². The Morgan fingerprint density at radius 1 is 1.09 bits per heavy atom. The number of esters is 1. The fraction of sp³-hybridized carbons (Fsp3) is 0.600. The smallest absolute Gasteiger partial charge is 0.307 e. The number of hydrogen-bond donors (Lipinski definition) is 3. The molecule has 5 nitrogen and oxygen atoms in total. The minimum Gasteiger partial charge on any atom is -0.511 e. The van der Waals surface area contributed by atoms with Gasteiger partial charge in [-0.15, -0.1) is 0 Å². The normalized spacial score (nSPS) is 12.7. The maximum absolute atomic E-state index is 11.4. The van der Waals surface area contributed by atoms with Gasteiger partial charge in [0.25, 0.3) is 0 Å². The molecule has 0 bridgehead atoms. The van der Waals surface area contributed by atoms with Gasteiger partial charge in [0, 0.05) is 18.1 Å². The summed E-state index contributed by atoms with van der Waals surface area (Å²) in [6.45, 7) is 14.8. The zero-order valence-corrected chi connectivity index (χ0v) is 22.1. The van der Waals surface area contributed by atoms with Crippen molar-refractivity contribution >= 4 is 35.1 Å². The van der Waals surface area contributed by atoms with E-state index in [-0.39, 0.29) is 24.2 Å².